The summed E-state index contributed by atoms with van der Waals surface area (Å²) in [5.41, 5.74) is 5.75. The number of hydrogen-bond acceptors (Lipinski definition) is 8. The van der Waals surface area contributed by atoms with Crippen LogP contribution in [0.4, 0.5) is 5.69 Å². The van der Waals surface area contributed by atoms with E-state index in [2.05, 4.69) is 4.98 Å². The molecule has 0 radical (unpaired) electrons. The van der Waals surface area contributed by atoms with E-state index in [-0.39, 0.29) is 0 Å². The number of benzene rings is 1. The van der Waals surface area contributed by atoms with Gasteiger partial charge in [0, 0.05) is 12.8 Å². The molecule has 0 spiro atoms. The van der Waals surface area contributed by atoms with Gasteiger partial charge in [0.1, 0.15) is 0 Å². The standard InChI is InChI=1S/C19H28N2O6/c1-19(2,13-26-11-10-25-9-8-24-7-6-23-3)18-21-16-5-4-14(20)12-15(16)17(22)27-18/h4-5,12H,6-11,13,20H2,1-3H3. The van der Waals surface area contributed by atoms with Gasteiger partial charge in [-0.15, -0.1) is 0 Å². The predicted octanol–water partition coefficient (Wildman–Crippen LogP) is 1.74. The lowest BCUT2D eigenvalue weighted by Crippen LogP contribution is -2.28. The van der Waals surface area contributed by atoms with Crippen LogP contribution in [0.3, 0.4) is 0 Å². The zero-order chi connectivity index (χ0) is 19.7. The van der Waals surface area contributed by atoms with E-state index < -0.39 is 11.0 Å². The molecule has 0 bridgehead atoms. The molecule has 2 N–H and O–H groups in total. The van der Waals surface area contributed by atoms with Crippen LogP contribution < -0.4 is 11.4 Å². The number of aromatic nitrogens is 1. The van der Waals surface area contributed by atoms with Crippen LogP contribution in [0.15, 0.2) is 27.4 Å². The van der Waals surface area contributed by atoms with Crippen molar-refractivity contribution >= 4 is 16.6 Å². The van der Waals surface area contributed by atoms with E-state index in [9.17, 15) is 4.79 Å². The lowest BCUT2D eigenvalue weighted by atomic mass is 9.94. The number of ether oxygens (including phenoxy) is 4. The van der Waals surface area contributed by atoms with Crippen molar-refractivity contribution in [3.63, 3.8) is 0 Å². The first-order valence-corrected chi connectivity index (χ1v) is 8.87. The van der Waals surface area contributed by atoms with Gasteiger partial charge in [-0.2, -0.15) is 0 Å². The molecule has 0 fully saturated rings. The summed E-state index contributed by atoms with van der Waals surface area (Å²) in [6.45, 7) is 7.20. The third kappa shape index (κ3) is 6.59. The van der Waals surface area contributed by atoms with Gasteiger partial charge >= 0.3 is 5.63 Å². The third-order valence-electron chi connectivity index (χ3n) is 3.87. The van der Waals surface area contributed by atoms with Gasteiger partial charge in [-0.05, 0) is 32.0 Å². The summed E-state index contributed by atoms with van der Waals surface area (Å²) in [6, 6.07) is 4.99. The van der Waals surface area contributed by atoms with Crippen LogP contribution in [0.2, 0.25) is 0 Å². The second kappa shape index (κ2) is 10.4. The molecule has 8 nitrogen and oxygen atoms in total. The highest BCUT2D eigenvalue weighted by Gasteiger charge is 2.27. The second-order valence-corrected chi connectivity index (χ2v) is 6.74. The van der Waals surface area contributed by atoms with Gasteiger partial charge in [-0.25, -0.2) is 9.78 Å². The highest BCUT2D eigenvalue weighted by molar-refractivity contribution is 5.80. The Balaban J connectivity index is 1.78. The third-order valence-corrected chi connectivity index (χ3v) is 3.87. The first-order chi connectivity index (χ1) is 12.9. The Morgan fingerprint density at radius 3 is 2.33 bits per heavy atom. The molecule has 27 heavy (non-hydrogen) atoms. The molecule has 2 aromatic rings. The molecule has 1 aromatic heterocycles. The molecule has 0 atom stereocenters. The maximum Gasteiger partial charge on any atom is 0.346 e. The molecule has 0 amide bonds. The quantitative estimate of drug-likeness (QED) is 0.438. The van der Waals surface area contributed by atoms with E-state index in [1.54, 1.807) is 25.3 Å². The lowest BCUT2D eigenvalue weighted by Gasteiger charge is -2.22. The van der Waals surface area contributed by atoms with E-state index in [0.717, 1.165) is 0 Å². The number of anilines is 1. The monoisotopic (exact) mass is 380 g/mol. The minimum atomic E-state index is -0.558. The number of nitrogen functional groups attached to an aromatic ring is 1. The largest absolute Gasteiger partial charge is 0.407 e. The SMILES string of the molecule is COCCOCCOCCOCC(C)(C)c1nc2ccc(N)cc2c(=O)o1. The molecule has 1 aromatic carbocycles. The molecular formula is C19H28N2O6. The average molecular weight is 380 g/mol. The van der Waals surface area contributed by atoms with Gasteiger partial charge in [0.15, 0.2) is 0 Å². The highest BCUT2D eigenvalue weighted by Crippen LogP contribution is 2.23. The number of rotatable bonds is 12. The zero-order valence-corrected chi connectivity index (χ0v) is 16.2. The Morgan fingerprint density at radius 2 is 1.67 bits per heavy atom. The molecule has 1 heterocycles. The zero-order valence-electron chi connectivity index (χ0n) is 16.2. The minimum absolute atomic E-state index is 0.331. The summed E-state index contributed by atoms with van der Waals surface area (Å²) in [4.78, 5) is 16.7. The Labute approximate surface area is 158 Å². The van der Waals surface area contributed by atoms with E-state index in [1.807, 2.05) is 13.8 Å². The molecule has 8 heteroatoms. The van der Waals surface area contributed by atoms with E-state index >= 15 is 0 Å². The van der Waals surface area contributed by atoms with Gasteiger partial charge in [0.25, 0.3) is 0 Å². The van der Waals surface area contributed by atoms with Crippen molar-refractivity contribution in [2.75, 3.05) is 59.1 Å². The molecule has 0 aliphatic carbocycles. The Kier molecular flexibility index (Phi) is 8.18. The molecular weight excluding hydrogens is 352 g/mol. The maximum absolute atomic E-state index is 12.2. The number of fused-ring (bicyclic) bond motifs is 1. The van der Waals surface area contributed by atoms with E-state index in [0.29, 0.717) is 68.7 Å². The molecule has 2 rings (SSSR count). The van der Waals surface area contributed by atoms with Crippen molar-refractivity contribution in [3.8, 4) is 0 Å². The number of nitrogens with zero attached hydrogens (tertiary/aromatic N) is 1. The van der Waals surface area contributed by atoms with Crippen LogP contribution in [-0.2, 0) is 24.4 Å². The van der Waals surface area contributed by atoms with Crippen molar-refractivity contribution in [2.45, 2.75) is 19.3 Å². The van der Waals surface area contributed by atoms with Crippen molar-refractivity contribution < 1.29 is 23.4 Å². The summed E-state index contributed by atoms with van der Waals surface area (Å²) in [7, 11) is 1.63. The van der Waals surface area contributed by atoms with Gasteiger partial charge in [-0.3, -0.25) is 0 Å². The van der Waals surface area contributed by atoms with Crippen molar-refractivity contribution in [2.24, 2.45) is 0 Å². The maximum atomic E-state index is 12.2. The summed E-state index contributed by atoms with van der Waals surface area (Å²) in [6.07, 6.45) is 0. The highest BCUT2D eigenvalue weighted by atomic mass is 16.6. The van der Waals surface area contributed by atoms with Crippen LogP contribution >= 0.6 is 0 Å². The summed E-state index contributed by atoms with van der Waals surface area (Å²) in [5, 5.41) is 0.372. The van der Waals surface area contributed by atoms with Crippen LogP contribution in [0.1, 0.15) is 19.7 Å². The molecule has 150 valence electrons. The topological polar surface area (TPSA) is 106 Å². The molecule has 0 saturated heterocycles. The van der Waals surface area contributed by atoms with E-state index in [1.165, 1.54) is 0 Å². The summed E-state index contributed by atoms with van der Waals surface area (Å²) >= 11 is 0. The Hall–Kier alpha value is -2.00. The molecule has 0 unspecified atom stereocenters. The van der Waals surface area contributed by atoms with Crippen LogP contribution in [-0.4, -0.2) is 58.3 Å². The van der Waals surface area contributed by atoms with Gasteiger partial charge < -0.3 is 29.1 Å². The van der Waals surface area contributed by atoms with Crippen LogP contribution in [0, 0.1) is 0 Å². The number of methoxy groups -OCH3 is 1. The predicted molar refractivity (Wildman–Crippen MR) is 102 cm³/mol. The molecule has 0 saturated carbocycles. The smallest absolute Gasteiger partial charge is 0.346 e. The van der Waals surface area contributed by atoms with Gasteiger partial charge in [0.05, 0.1) is 62.6 Å². The number of hydrogen-bond donors (Lipinski definition) is 1. The molecule has 0 aliphatic heterocycles. The van der Waals surface area contributed by atoms with Crippen molar-refractivity contribution in [3.05, 3.63) is 34.5 Å². The first kappa shape index (κ1) is 21.3. The Morgan fingerprint density at radius 1 is 1.04 bits per heavy atom. The fraction of sp³-hybridized carbons (Fsp3) is 0.579. The molecule has 0 aliphatic rings. The Bertz CT molecular complexity index is 774. The fourth-order valence-electron chi connectivity index (χ4n) is 2.35. The summed E-state index contributed by atoms with van der Waals surface area (Å²) < 4.78 is 26.7. The fourth-order valence-corrected chi connectivity index (χ4v) is 2.35. The van der Waals surface area contributed by atoms with Crippen LogP contribution in [0.5, 0.6) is 0 Å². The lowest BCUT2D eigenvalue weighted by molar-refractivity contribution is -0.00413. The normalized spacial score (nSPS) is 12.0. The van der Waals surface area contributed by atoms with Gasteiger partial charge in [0.2, 0.25) is 5.89 Å². The summed E-state index contributed by atoms with van der Waals surface area (Å²) in [5.74, 6) is 0.331. The average Bonchev–Trinajstić information content (AvgIpc) is 2.63. The first-order valence-electron chi connectivity index (χ1n) is 8.87. The van der Waals surface area contributed by atoms with Gasteiger partial charge in [-0.1, -0.05) is 0 Å². The minimum Gasteiger partial charge on any atom is -0.407 e. The second-order valence-electron chi connectivity index (χ2n) is 6.74. The van der Waals surface area contributed by atoms with E-state index in [4.69, 9.17) is 29.1 Å². The van der Waals surface area contributed by atoms with Crippen molar-refractivity contribution in [1.29, 1.82) is 0 Å². The van der Waals surface area contributed by atoms with Crippen molar-refractivity contribution in [1.82, 2.24) is 4.98 Å². The van der Waals surface area contributed by atoms with Crippen LogP contribution in [0.25, 0.3) is 10.9 Å². The number of nitrogens with two attached hydrogens (primary N) is 1.